The molecule has 0 atom stereocenters. The smallest absolute Gasteiger partial charge is 0.233 e. The van der Waals surface area contributed by atoms with Crippen LogP contribution in [0.25, 0.3) is 0 Å². The molecule has 0 amide bonds. The minimum atomic E-state index is 0.546. The van der Waals surface area contributed by atoms with E-state index in [2.05, 4.69) is 30.5 Å². The molecule has 1 aliphatic heterocycles. The zero-order valence-corrected chi connectivity index (χ0v) is 12.0. The summed E-state index contributed by atoms with van der Waals surface area (Å²) < 4.78 is 5.35. The first kappa shape index (κ1) is 13.1. The molecule has 0 aromatic carbocycles. The molecule has 20 heavy (non-hydrogen) atoms. The lowest BCUT2D eigenvalue weighted by atomic mass is 10.4. The molecule has 2 aromatic rings. The van der Waals surface area contributed by atoms with E-state index in [1.165, 1.54) is 0 Å². The molecule has 2 aromatic heterocycles. The van der Waals surface area contributed by atoms with Crippen LogP contribution >= 0.6 is 11.3 Å². The van der Waals surface area contributed by atoms with Gasteiger partial charge in [0.15, 0.2) is 0 Å². The first-order valence-electron chi connectivity index (χ1n) is 6.41. The Hall–Kier alpha value is -1.93. The maximum atomic E-state index is 5.35. The molecule has 1 fully saturated rings. The summed E-state index contributed by atoms with van der Waals surface area (Å²) in [6, 6.07) is 1.99. The van der Waals surface area contributed by atoms with E-state index in [1.54, 1.807) is 18.4 Å². The van der Waals surface area contributed by atoms with Crippen LogP contribution in [0.4, 0.5) is 23.5 Å². The molecular weight excluding hydrogens is 276 g/mol. The second-order valence-corrected chi connectivity index (χ2v) is 5.05. The molecule has 0 radical (unpaired) electrons. The summed E-state index contributed by atoms with van der Waals surface area (Å²) in [7, 11) is 1.80. The van der Waals surface area contributed by atoms with E-state index in [-0.39, 0.29) is 0 Å². The predicted molar refractivity (Wildman–Crippen MR) is 80.0 cm³/mol. The highest BCUT2D eigenvalue weighted by atomic mass is 32.1. The Morgan fingerprint density at radius 3 is 2.70 bits per heavy atom. The van der Waals surface area contributed by atoms with Gasteiger partial charge in [-0.2, -0.15) is 26.3 Å². The Balaban J connectivity index is 1.85. The van der Waals surface area contributed by atoms with Crippen LogP contribution in [0.1, 0.15) is 0 Å². The van der Waals surface area contributed by atoms with Crippen molar-refractivity contribution in [1.29, 1.82) is 0 Å². The van der Waals surface area contributed by atoms with Crippen molar-refractivity contribution >= 4 is 34.9 Å². The van der Waals surface area contributed by atoms with E-state index < -0.39 is 0 Å². The second-order valence-electron chi connectivity index (χ2n) is 4.27. The molecule has 1 saturated heterocycles. The summed E-state index contributed by atoms with van der Waals surface area (Å²) in [5.74, 6) is 1.77. The predicted octanol–water partition coefficient (Wildman–Crippen LogP) is 1.56. The highest BCUT2D eigenvalue weighted by Gasteiger charge is 2.16. The molecule has 1 aliphatic rings. The monoisotopic (exact) mass is 292 g/mol. The summed E-state index contributed by atoms with van der Waals surface area (Å²) in [6.07, 6.45) is 0. The van der Waals surface area contributed by atoms with Gasteiger partial charge in [-0.05, 0) is 11.4 Å². The van der Waals surface area contributed by atoms with Gasteiger partial charge in [0.1, 0.15) is 0 Å². The lowest BCUT2D eigenvalue weighted by molar-refractivity contribution is 0.122. The molecule has 0 spiro atoms. The number of aromatic nitrogens is 3. The van der Waals surface area contributed by atoms with Crippen LogP contribution in [-0.2, 0) is 4.74 Å². The molecule has 0 aliphatic carbocycles. The van der Waals surface area contributed by atoms with E-state index in [0.717, 1.165) is 18.8 Å². The fraction of sp³-hybridized carbons (Fsp3) is 0.417. The third-order valence-corrected chi connectivity index (χ3v) is 3.60. The summed E-state index contributed by atoms with van der Waals surface area (Å²) in [5.41, 5.74) is 0.983. The third kappa shape index (κ3) is 2.97. The Morgan fingerprint density at radius 1 is 1.20 bits per heavy atom. The van der Waals surface area contributed by atoms with Crippen LogP contribution in [-0.4, -0.2) is 48.3 Å². The highest BCUT2D eigenvalue weighted by Crippen LogP contribution is 2.19. The molecule has 2 N–H and O–H groups in total. The largest absolute Gasteiger partial charge is 0.378 e. The molecule has 0 unspecified atom stereocenters. The van der Waals surface area contributed by atoms with Gasteiger partial charge in [0.2, 0.25) is 17.8 Å². The molecule has 3 rings (SSSR count). The zero-order valence-electron chi connectivity index (χ0n) is 11.2. The zero-order chi connectivity index (χ0) is 13.8. The number of thiophene rings is 1. The third-order valence-electron chi connectivity index (χ3n) is 2.92. The van der Waals surface area contributed by atoms with Crippen molar-refractivity contribution in [3.8, 4) is 0 Å². The van der Waals surface area contributed by atoms with Crippen LogP contribution in [0.2, 0.25) is 0 Å². The SMILES string of the molecule is CNc1nc(Nc2ccsc2)nc(N2CCOCC2)n1. The van der Waals surface area contributed by atoms with Crippen LogP contribution in [0.3, 0.4) is 0 Å². The van der Waals surface area contributed by atoms with Crippen LogP contribution in [0, 0.1) is 0 Å². The van der Waals surface area contributed by atoms with Gasteiger partial charge in [-0.15, -0.1) is 0 Å². The molecule has 3 heterocycles. The molecule has 8 heteroatoms. The lowest BCUT2D eigenvalue weighted by Crippen LogP contribution is -2.37. The number of ether oxygens (including phenoxy) is 1. The number of nitrogens with one attached hydrogen (secondary N) is 2. The van der Waals surface area contributed by atoms with Crippen molar-refractivity contribution < 1.29 is 4.74 Å². The van der Waals surface area contributed by atoms with E-state index in [9.17, 15) is 0 Å². The summed E-state index contributed by atoms with van der Waals surface area (Å²) >= 11 is 1.62. The Kier molecular flexibility index (Phi) is 3.93. The fourth-order valence-corrected chi connectivity index (χ4v) is 2.49. The maximum Gasteiger partial charge on any atom is 0.233 e. The topological polar surface area (TPSA) is 75.2 Å². The van der Waals surface area contributed by atoms with E-state index in [1.807, 2.05) is 16.8 Å². The quantitative estimate of drug-likeness (QED) is 0.885. The van der Waals surface area contributed by atoms with Crippen molar-refractivity contribution in [1.82, 2.24) is 15.0 Å². The number of hydrogen-bond acceptors (Lipinski definition) is 8. The average molecular weight is 292 g/mol. The van der Waals surface area contributed by atoms with Gasteiger partial charge in [0.05, 0.1) is 18.9 Å². The number of nitrogens with zero attached hydrogens (tertiary/aromatic N) is 4. The first-order valence-corrected chi connectivity index (χ1v) is 7.35. The molecular formula is C12H16N6OS. The minimum absolute atomic E-state index is 0.546. The van der Waals surface area contributed by atoms with Crippen molar-refractivity contribution in [2.75, 3.05) is 48.9 Å². The van der Waals surface area contributed by atoms with E-state index in [0.29, 0.717) is 31.1 Å². The van der Waals surface area contributed by atoms with Crippen LogP contribution in [0.15, 0.2) is 16.8 Å². The molecule has 7 nitrogen and oxygen atoms in total. The summed E-state index contributed by atoms with van der Waals surface area (Å²) in [6.45, 7) is 3.00. The standard InChI is InChI=1S/C12H16N6OS/c1-13-10-15-11(14-9-2-7-20-8-9)17-12(16-10)18-3-5-19-6-4-18/h2,7-8H,3-6H2,1H3,(H2,13,14,15,16,17). The van der Waals surface area contributed by atoms with E-state index in [4.69, 9.17) is 4.74 Å². The summed E-state index contributed by atoms with van der Waals surface area (Å²) in [4.78, 5) is 15.3. The van der Waals surface area contributed by atoms with Gasteiger partial charge in [-0.25, -0.2) is 0 Å². The van der Waals surface area contributed by atoms with Gasteiger partial charge >= 0.3 is 0 Å². The first-order chi connectivity index (χ1) is 9.85. The molecule has 0 bridgehead atoms. The number of hydrogen-bond donors (Lipinski definition) is 2. The van der Waals surface area contributed by atoms with Gasteiger partial charge in [0, 0.05) is 25.5 Å². The number of rotatable bonds is 4. The normalized spacial score (nSPS) is 15.2. The lowest BCUT2D eigenvalue weighted by Gasteiger charge is -2.27. The van der Waals surface area contributed by atoms with Gasteiger partial charge in [-0.3, -0.25) is 0 Å². The summed E-state index contributed by atoms with van der Waals surface area (Å²) in [5, 5.41) is 10.2. The van der Waals surface area contributed by atoms with Gasteiger partial charge in [0.25, 0.3) is 0 Å². The Bertz CT molecular complexity index is 555. The van der Waals surface area contributed by atoms with Crippen molar-refractivity contribution in [2.24, 2.45) is 0 Å². The van der Waals surface area contributed by atoms with Crippen molar-refractivity contribution in [3.63, 3.8) is 0 Å². The minimum Gasteiger partial charge on any atom is -0.378 e. The number of morpholine rings is 1. The van der Waals surface area contributed by atoms with Crippen molar-refractivity contribution in [3.05, 3.63) is 16.8 Å². The number of anilines is 4. The van der Waals surface area contributed by atoms with Gasteiger partial charge < -0.3 is 20.3 Å². The molecule has 0 saturated carbocycles. The average Bonchev–Trinajstić information content (AvgIpc) is 3.00. The van der Waals surface area contributed by atoms with Gasteiger partial charge in [-0.1, -0.05) is 0 Å². The second kappa shape index (κ2) is 6.02. The van der Waals surface area contributed by atoms with Crippen LogP contribution < -0.4 is 15.5 Å². The fourth-order valence-electron chi connectivity index (χ4n) is 1.90. The van der Waals surface area contributed by atoms with Crippen LogP contribution in [0.5, 0.6) is 0 Å². The highest BCUT2D eigenvalue weighted by molar-refractivity contribution is 7.08. The van der Waals surface area contributed by atoms with E-state index >= 15 is 0 Å². The maximum absolute atomic E-state index is 5.35. The Labute approximate surface area is 121 Å². The molecule has 106 valence electrons. The Morgan fingerprint density at radius 2 is 2.00 bits per heavy atom. The van der Waals surface area contributed by atoms with Crippen molar-refractivity contribution in [2.45, 2.75) is 0 Å².